The average Bonchev–Trinajstić information content (AvgIpc) is 3.38. The fourth-order valence-corrected chi connectivity index (χ4v) is 7.73. The van der Waals surface area contributed by atoms with Gasteiger partial charge in [-0.3, -0.25) is 9.59 Å². The van der Waals surface area contributed by atoms with Gasteiger partial charge in [0.25, 0.3) is 0 Å². The molecule has 10 rings (SSSR count). The molecule has 2 amide bonds. The number of ether oxygens (including phenoxy) is 3. The van der Waals surface area contributed by atoms with E-state index in [1.807, 2.05) is 140 Å². The number of piperidine rings is 2. The highest BCUT2D eigenvalue weighted by atomic mass is 16.5. The summed E-state index contributed by atoms with van der Waals surface area (Å²) in [4.78, 5) is 40.4. The summed E-state index contributed by atoms with van der Waals surface area (Å²) in [5.74, 6) is 18.5. The van der Waals surface area contributed by atoms with Crippen LogP contribution in [0.1, 0.15) is 42.4 Å². The molecule has 2 fully saturated rings. The standard InChI is InChI=1S/C28H24N4O3.C28H24N4O2/c1-34-26-16-21(11-13-25(26)35-22-5-3-2-4-6-22)32-28-23-15-19(9-12-24(23)30-18-31-28)7-8-20-10-14-27(33)29-17-20;1-19-15-22(11-13-26(19)34-23-5-3-2-4-6-23)32-28-24-16-20(9-12-25(24)30-18-31-28)7-8-21-10-14-27(33)29-17-21/h2-6,9,11-13,15-16,18,20H,10,14,17H2,1H3,(H,29,33)(H,30,31,32);2-6,9,11-13,15-16,18,21H,10,14,17H2,1H3,(H,29,33)(H,30,31,32). The van der Waals surface area contributed by atoms with E-state index in [-0.39, 0.29) is 23.7 Å². The summed E-state index contributed by atoms with van der Waals surface area (Å²) in [5.41, 5.74) is 6.14. The van der Waals surface area contributed by atoms with E-state index in [0.29, 0.717) is 43.2 Å². The maximum Gasteiger partial charge on any atom is 0.220 e. The molecule has 13 nitrogen and oxygen atoms in total. The Hall–Kier alpha value is -8.94. The van der Waals surface area contributed by atoms with Crippen LogP contribution in [0.3, 0.4) is 0 Å². The van der Waals surface area contributed by atoms with Gasteiger partial charge in [0, 0.05) is 77.1 Å². The van der Waals surface area contributed by atoms with Gasteiger partial charge < -0.3 is 35.5 Å². The van der Waals surface area contributed by atoms with Crippen LogP contribution in [0.15, 0.2) is 146 Å². The third kappa shape index (κ3) is 11.9. The average molecular weight is 913 g/mol. The third-order valence-corrected chi connectivity index (χ3v) is 11.4. The second kappa shape index (κ2) is 21.6. The molecule has 0 radical (unpaired) electrons. The predicted octanol–water partition coefficient (Wildman–Crippen LogP) is 10.4. The van der Waals surface area contributed by atoms with Crippen LogP contribution < -0.4 is 35.5 Å². The first-order valence-electron chi connectivity index (χ1n) is 22.7. The van der Waals surface area contributed by atoms with E-state index < -0.39 is 0 Å². The maximum atomic E-state index is 11.4. The lowest BCUT2D eigenvalue weighted by molar-refractivity contribution is -0.123. The van der Waals surface area contributed by atoms with Crippen molar-refractivity contribution in [2.75, 3.05) is 30.8 Å². The number of carbonyl (C=O) groups is 2. The number of nitrogens with zero attached hydrogens (tertiary/aromatic N) is 4. The number of rotatable bonds is 9. The van der Waals surface area contributed by atoms with Gasteiger partial charge in [0.05, 0.1) is 18.1 Å². The molecular weight excluding hydrogens is 865 g/mol. The molecule has 2 atom stereocenters. The minimum atomic E-state index is 0.0953. The van der Waals surface area contributed by atoms with Crippen LogP contribution in [0, 0.1) is 42.4 Å². The van der Waals surface area contributed by atoms with Crippen molar-refractivity contribution in [3.8, 4) is 52.4 Å². The van der Waals surface area contributed by atoms with Crippen molar-refractivity contribution in [2.24, 2.45) is 11.8 Å². The van der Waals surface area contributed by atoms with E-state index in [2.05, 4.69) is 64.9 Å². The lowest BCUT2D eigenvalue weighted by Gasteiger charge is -2.17. The minimum Gasteiger partial charge on any atom is -0.493 e. The molecule has 4 N–H and O–H groups in total. The second-order valence-corrected chi connectivity index (χ2v) is 16.5. The van der Waals surface area contributed by atoms with Gasteiger partial charge in [0.15, 0.2) is 11.5 Å². The van der Waals surface area contributed by atoms with E-state index >= 15 is 0 Å². The molecule has 13 heteroatoms. The first kappa shape index (κ1) is 45.2. The van der Waals surface area contributed by atoms with Gasteiger partial charge in [-0.05, 0) is 116 Å². The van der Waals surface area contributed by atoms with Gasteiger partial charge in [0.1, 0.15) is 41.5 Å². The van der Waals surface area contributed by atoms with E-state index in [9.17, 15) is 9.59 Å². The largest absolute Gasteiger partial charge is 0.493 e. The fraction of sp³-hybridized carbons (Fsp3) is 0.179. The molecule has 0 saturated carbocycles. The second-order valence-electron chi connectivity index (χ2n) is 16.5. The normalized spacial score (nSPS) is 15.1. The molecule has 2 aliphatic heterocycles. The van der Waals surface area contributed by atoms with Crippen LogP contribution in [0.4, 0.5) is 23.0 Å². The van der Waals surface area contributed by atoms with E-state index in [0.717, 1.165) is 85.8 Å². The molecule has 2 aromatic heterocycles. The number of amides is 2. The lowest BCUT2D eigenvalue weighted by atomic mass is 9.99. The number of methoxy groups -OCH3 is 1. The number of fused-ring (bicyclic) bond motifs is 2. The number of carbonyl (C=O) groups excluding carboxylic acids is 2. The number of benzene rings is 6. The Kier molecular flexibility index (Phi) is 14.1. The molecule has 342 valence electrons. The SMILES string of the molecule is COc1cc(Nc2ncnc3ccc(C#CC4CCC(=O)NC4)cc23)ccc1Oc1ccccc1.Cc1cc(Nc2ncnc3ccc(C#CC4CCC(=O)NC4)cc23)ccc1Oc1ccccc1. The highest BCUT2D eigenvalue weighted by Gasteiger charge is 2.17. The molecular formula is C56H48N8O5. The van der Waals surface area contributed by atoms with E-state index in [1.54, 1.807) is 13.4 Å². The van der Waals surface area contributed by atoms with Crippen LogP contribution in [-0.2, 0) is 9.59 Å². The van der Waals surface area contributed by atoms with Crippen LogP contribution in [-0.4, -0.2) is 51.9 Å². The molecule has 2 aliphatic rings. The molecule has 2 saturated heterocycles. The summed E-state index contributed by atoms with van der Waals surface area (Å²) in [6.45, 7) is 3.22. The van der Waals surface area contributed by atoms with E-state index in [1.165, 1.54) is 6.33 Å². The summed E-state index contributed by atoms with van der Waals surface area (Å²) in [6, 6.07) is 42.7. The van der Waals surface area contributed by atoms with E-state index in [4.69, 9.17) is 14.2 Å². The van der Waals surface area contributed by atoms with Gasteiger partial charge in [-0.25, -0.2) is 19.9 Å². The zero-order chi connectivity index (χ0) is 47.4. The maximum absolute atomic E-state index is 11.4. The summed E-state index contributed by atoms with van der Waals surface area (Å²) in [7, 11) is 1.61. The Balaban J connectivity index is 0.000000172. The number of aromatic nitrogens is 4. The predicted molar refractivity (Wildman–Crippen MR) is 268 cm³/mol. The summed E-state index contributed by atoms with van der Waals surface area (Å²) in [5, 5.41) is 14.3. The fourth-order valence-electron chi connectivity index (χ4n) is 7.73. The van der Waals surface area contributed by atoms with Crippen molar-refractivity contribution >= 4 is 56.6 Å². The van der Waals surface area contributed by atoms with Crippen molar-refractivity contribution in [3.05, 3.63) is 163 Å². The first-order chi connectivity index (χ1) is 33.8. The van der Waals surface area contributed by atoms with Gasteiger partial charge in [0.2, 0.25) is 11.8 Å². The monoisotopic (exact) mass is 912 g/mol. The Labute approximate surface area is 400 Å². The Bertz CT molecular complexity index is 3250. The highest BCUT2D eigenvalue weighted by molar-refractivity contribution is 5.93. The van der Waals surface area contributed by atoms with Crippen molar-refractivity contribution in [3.63, 3.8) is 0 Å². The number of anilines is 4. The highest BCUT2D eigenvalue weighted by Crippen LogP contribution is 2.36. The third-order valence-electron chi connectivity index (χ3n) is 11.4. The smallest absolute Gasteiger partial charge is 0.220 e. The number of hydrogen-bond donors (Lipinski definition) is 4. The number of aryl methyl sites for hydroxylation is 1. The van der Waals surface area contributed by atoms with Crippen molar-refractivity contribution in [1.82, 2.24) is 30.6 Å². The molecule has 69 heavy (non-hydrogen) atoms. The number of para-hydroxylation sites is 2. The first-order valence-corrected chi connectivity index (χ1v) is 22.7. The lowest BCUT2D eigenvalue weighted by Crippen LogP contribution is -2.34. The minimum absolute atomic E-state index is 0.0953. The van der Waals surface area contributed by atoms with Crippen molar-refractivity contribution < 1.29 is 23.8 Å². The quantitative estimate of drug-likeness (QED) is 0.102. The molecule has 0 aliphatic carbocycles. The Morgan fingerprint density at radius 1 is 0.551 bits per heavy atom. The molecule has 2 unspecified atom stereocenters. The van der Waals surface area contributed by atoms with Crippen LogP contribution in [0.25, 0.3) is 21.8 Å². The summed E-state index contributed by atoms with van der Waals surface area (Å²) < 4.78 is 17.5. The molecule has 0 bridgehead atoms. The van der Waals surface area contributed by atoms with Crippen LogP contribution >= 0.6 is 0 Å². The topological polar surface area (TPSA) is 162 Å². The van der Waals surface area contributed by atoms with Crippen molar-refractivity contribution in [1.29, 1.82) is 0 Å². The Morgan fingerprint density at radius 3 is 1.52 bits per heavy atom. The number of hydrogen-bond acceptors (Lipinski definition) is 11. The van der Waals surface area contributed by atoms with Crippen LogP contribution in [0.5, 0.6) is 28.7 Å². The zero-order valence-electron chi connectivity index (χ0n) is 38.1. The molecule has 6 aromatic carbocycles. The zero-order valence-corrected chi connectivity index (χ0v) is 38.1. The van der Waals surface area contributed by atoms with Gasteiger partial charge >= 0.3 is 0 Å². The Morgan fingerprint density at radius 2 is 1.04 bits per heavy atom. The summed E-state index contributed by atoms with van der Waals surface area (Å²) >= 11 is 0. The summed E-state index contributed by atoms with van der Waals surface area (Å²) in [6.07, 6.45) is 5.73. The molecule has 8 aromatic rings. The van der Waals surface area contributed by atoms with Gasteiger partial charge in [-0.1, -0.05) is 60.1 Å². The van der Waals surface area contributed by atoms with Crippen LogP contribution in [0.2, 0.25) is 0 Å². The molecule has 0 spiro atoms. The van der Waals surface area contributed by atoms with Gasteiger partial charge in [-0.2, -0.15) is 0 Å². The number of nitrogens with one attached hydrogen (secondary N) is 4. The molecule has 4 heterocycles. The van der Waals surface area contributed by atoms with Crippen molar-refractivity contribution in [2.45, 2.75) is 32.6 Å². The van der Waals surface area contributed by atoms with Gasteiger partial charge in [-0.15, -0.1) is 0 Å².